The Labute approximate surface area is 103 Å². The van der Waals surface area contributed by atoms with Gasteiger partial charge in [0.15, 0.2) is 0 Å². The molecule has 0 fully saturated rings. The van der Waals surface area contributed by atoms with Crippen LogP contribution >= 0.6 is 0 Å². The number of fused-ring (bicyclic) bond motifs is 1. The molecule has 0 bridgehead atoms. The van der Waals surface area contributed by atoms with Gasteiger partial charge < -0.3 is 15.6 Å². The lowest BCUT2D eigenvalue weighted by Crippen LogP contribution is -2.39. The monoisotopic (exact) mass is 235 g/mol. The average molecular weight is 235 g/mol. The minimum Gasteiger partial charge on any atom is -0.493 e. The lowest BCUT2D eigenvalue weighted by Gasteiger charge is -2.34. The Morgan fingerprint density at radius 1 is 1.41 bits per heavy atom. The van der Waals surface area contributed by atoms with Gasteiger partial charge in [0, 0.05) is 18.5 Å². The molecule has 2 rings (SSSR count). The van der Waals surface area contributed by atoms with Crippen LogP contribution in [0.3, 0.4) is 0 Å². The van der Waals surface area contributed by atoms with Gasteiger partial charge in [0.05, 0.1) is 6.61 Å². The normalized spacial score (nSPS) is 24.1. The molecule has 0 aromatic heterocycles. The molecule has 1 aliphatic rings. The van der Waals surface area contributed by atoms with Gasteiger partial charge in [-0.3, -0.25) is 0 Å². The molecule has 1 aromatic carbocycles. The predicted molar refractivity (Wildman–Crippen MR) is 68.2 cm³/mol. The number of ether oxygens (including phenoxy) is 1. The van der Waals surface area contributed by atoms with Crippen LogP contribution in [0.1, 0.15) is 38.3 Å². The Hall–Kier alpha value is -1.06. The number of hydrogen-bond acceptors (Lipinski definition) is 3. The van der Waals surface area contributed by atoms with Crippen molar-refractivity contribution in [3.63, 3.8) is 0 Å². The lowest BCUT2D eigenvalue weighted by molar-refractivity contribution is 0.00521. The first-order chi connectivity index (χ1) is 7.87. The van der Waals surface area contributed by atoms with E-state index in [1.807, 2.05) is 12.1 Å². The highest BCUT2D eigenvalue weighted by Crippen LogP contribution is 2.38. The second kappa shape index (κ2) is 4.00. The Morgan fingerprint density at radius 3 is 2.71 bits per heavy atom. The summed E-state index contributed by atoms with van der Waals surface area (Å²) in [5.41, 5.74) is 6.85. The molecule has 0 spiro atoms. The molecular formula is C14H21NO2. The van der Waals surface area contributed by atoms with Gasteiger partial charge in [0.2, 0.25) is 0 Å². The van der Waals surface area contributed by atoms with E-state index in [2.05, 4.69) is 26.8 Å². The number of rotatable bonds is 1. The number of aliphatic hydroxyl groups is 1. The van der Waals surface area contributed by atoms with Crippen LogP contribution in [0.4, 0.5) is 0 Å². The highest BCUT2D eigenvalue weighted by Gasteiger charge is 2.35. The van der Waals surface area contributed by atoms with Gasteiger partial charge in [-0.2, -0.15) is 0 Å². The van der Waals surface area contributed by atoms with Crippen LogP contribution in [0.5, 0.6) is 5.75 Å². The molecule has 3 heteroatoms. The van der Waals surface area contributed by atoms with Gasteiger partial charge in [-0.05, 0) is 23.1 Å². The largest absolute Gasteiger partial charge is 0.493 e. The van der Waals surface area contributed by atoms with E-state index in [9.17, 15) is 5.11 Å². The van der Waals surface area contributed by atoms with Crippen LogP contribution in [-0.2, 0) is 11.0 Å². The zero-order valence-electron chi connectivity index (χ0n) is 10.8. The van der Waals surface area contributed by atoms with Crippen LogP contribution in [0.15, 0.2) is 18.2 Å². The van der Waals surface area contributed by atoms with Crippen LogP contribution in [-0.4, -0.2) is 18.3 Å². The van der Waals surface area contributed by atoms with Gasteiger partial charge in [-0.25, -0.2) is 0 Å². The Bertz CT molecular complexity index is 423. The molecule has 0 saturated heterocycles. The summed E-state index contributed by atoms with van der Waals surface area (Å²) >= 11 is 0. The molecule has 0 radical (unpaired) electrons. The average Bonchev–Trinajstić information content (AvgIpc) is 2.28. The van der Waals surface area contributed by atoms with Crippen molar-refractivity contribution in [1.29, 1.82) is 0 Å². The predicted octanol–water partition coefficient (Wildman–Crippen LogP) is 1.91. The zero-order chi connectivity index (χ0) is 12.7. The maximum absolute atomic E-state index is 10.5. The molecule has 0 aliphatic carbocycles. The summed E-state index contributed by atoms with van der Waals surface area (Å²) < 4.78 is 5.57. The maximum Gasteiger partial charge on any atom is 0.125 e. The van der Waals surface area contributed by atoms with Crippen molar-refractivity contribution in [3.8, 4) is 5.75 Å². The quantitative estimate of drug-likeness (QED) is 0.782. The SMILES string of the molecule is CC(C)(C)c1ccc2c(c1)C(O)(CN)CCO2. The van der Waals surface area contributed by atoms with E-state index >= 15 is 0 Å². The van der Waals surface area contributed by atoms with Crippen molar-refractivity contribution in [2.45, 2.75) is 38.2 Å². The van der Waals surface area contributed by atoms with E-state index in [1.165, 1.54) is 5.56 Å². The first-order valence-electron chi connectivity index (χ1n) is 6.07. The molecule has 1 aliphatic heterocycles. The fourth-order valence-corrected chi connectivity index (χ4v) is 2.16. The van der Waals surface area contributed by atoms with E-state index in [0.29, 0.717) is 13.0 Å². The summed E-state index contributed by atoms with van der Waals surface area (Å²) in [7, 11) is 0. The smallest absolute Gasteiger partial charge is 0.125 e. The number of benzene rings is 1. The van der Waals surface area contributed by atoms with Crippen molar-refractivity contribution >= 4 is 0 Å². The number of hydrogen-bond donors (Lipinski definition) is 2. The van der Waals surface area contributed by atoms with Crippen molar-refractivity contribution in [1.82, 2.24) is 0 Å². The molecule has 3 nitrogen and oxygen atoms in total. The summed E-state index contributed by atoms with van der Waals surface area (Å²) in [6.45, 7) is 7.21. The molecule has 1 unspecified atom stereocenters. The van der Waals surface area contributed by atoms with Gasteiger partial charge in [0.25, 0.3) is 0 Å². The fraction of sp³-hybridized carbons (Fsp3) is 0.571. The molecule has 0 saturated carbocycles. The molecular weight excluding hydrogens is 214 g/mol. The van der Waals surface area contributed by atoms with Gasteiger partial charge in [0.1, 0.15) is 11.4 Å². The maximum atomic E-state index is 10.5. The molecule has 1 heterocycles. The van der Waals surface area contributed by atoms with E-state index in [4.69, 9.17) is 10.5 Å². The molecule has 1 atom stereocenters. The highest BCUT2D eigenvalue weighted by molar-refractivity contribution is 5.44. The van der Waals surface area contributed by atoms with Crippen molar-refractivity contribution in [3.05, 3.63) is 29.3 Å². The molecule has 3 N–H and O–H groups in total. The van der Waals surface area contributed by atoms with Crippen LogP contribution in [0.2, 0.25) is 0 Å². The van der Waals surface area contributed by atoms with Crippen molar-refractivity contribution < 1.29 is 9.84 Å². The third-order valence-corrected chi connectivity index (χ3v) is 3.46. The first kappa shape index (κ1) is 12.4. The third-order valence-electron chi connectivity index (χ3n) is 3.46. The lowest BCUT2D eigenvalue weighted by atomic mass is 9.81. The van der Waals surface area contributed by atoms with Crippen LogP contribution < -0.4 is 10.5 Å². The molecule has 1 aromatic rings. The summed E-state index contributed by atoms with van der Waals surface area (Å²) in [5, 5.41) is 10.5. The molecule has 17 heavy (non-hydrogen) atoms. The number of nitrogens with two attached hydrogens (primary N) is 1. The van der Waals surface area contributed by atoms with E-state index in [1.54, 1.807) is 0 Å². The van der Waals surface area contributed by atoms with E-state index in [-0.39, 0.29) is 12.0 Å². The molecule has 94 valence electrons. The minimum absolute atomic E-state index is 0.0575. The van der Waals surface area contributed by atoms with Crippen LogP contribution in [0, 0.1) is 0 Å². The summed E-state index contributed by atoms with van der Waals surface area (Å²) in [4.78, 5) is 0. The standard InChI is InChI=1S/C14H21NO2/c1-13(2,3)10-4-5-12-11(8-10)14(16,9-15)6-7-17-12/h4-5,8,16H,6-7,9,15H2,1-3H3. The van der Waals surface area contributed by atoms with Gasteiger partial charge in [-0.1, -0.05) is 26.8 Å². The summed E-state index contributed by atoms with van der Waals surface area (Å²) in [6.07, 6.45) is 0.560. The zero-order valence-corrected chi connectivity index (χ0v) is 10.8. The van der Waals surface area contributed by atoms with Gasteiger partial charge >= 0.3 is 0 Å². The minimum atomic E-state index is -0.936. The van der Waals surface area contributed by atoms with Crippen molar-refractivity contribution in [2.24, 2.45) is 5.73 Å². The Morgan fingerprint density at radius 2 is 2.12 bits per heavy atom. The van der Waals surface area contributed by atoms with E-state index < -0.39 is 5.60 Å². The van der Waals surface area contributed by atoms with Crippen molar-refractivity contribution in [2.75, 3.05) is 13.2 Å². The molecule has 0 amide bonds. The first-order valence-corrected chi connectivity index (χ1v) is 6.07. The van der Waals surface area contributed by atoms with Gasteiger partial charge in [-0.15, -0.1) is 0 Å². The summed E-state index contributed by atoms with van der Waals surface area (Å²) in [6, 6.07) is 6.03. The fourth-order valence-electron chi connectivity index (χ4n) is 2.16. The van der Waals surface area contributed by atoms with Crippen LogP contribution in [0.25, 0.3) is 0 Å². The topological polar surface area (TPSA) is 55.5 Å². The highest BCUT2D eigenvalue weighted by atomic mass is 16.5. The Kier molecular flexibility index (Phi) is 2.92. The summed E-state index contributed by atoms with van der Waals surface area (Å²) in [5.74, 6) is 0.761. The Balaban J connectivity index is 2.52. The second-order valence-corrected chi connectivity index (χ2v) is 5.80. The second-order valence-electron chi connectivity index (χ2n) is 5.80. The van der Waals surface area contributed by atoms with E-state index in [0.717, 1.165) is 11.3 Å². The third kappa shape index (κ3) is 2.17.